The van der Waals surface area contributed by atoms with Gasteiger partial charge in [-0.05, 0) is 36.0 Å². The summed E-state index contributed by atoms with van der Waals surface area (Å²) in [5.74, 6) is 0.740. The van der Waals surface area contributed by atoms with Gasteiger partial charge in [-0.1, -0.05) is 67.6 Å². The van der Waals surface area contributed by atoms with E-state index in [-0.39, 0.29) is 12.2 Å². The molecule has 0 bridgehead atoms. The lowest BCUT2D eigenvalue weighted by Gasteiger charge is -2.48. The summed E-state index contributed by atoms with van der Waals surface area (Å²) in [6, 6.07) is 23.8. The number of aromatic nitrogens is 2. The van der Waals surface area contributed by atoms with Crippen LogP contribution in [0.1, 0.15) is 42.1 Å². The molecule has 3 aromatic rings. The number of likely N-dealkylation sites (tertiary alicyclic amines) is 1. The first-order valence-corrected chi connectivity index (χ1v) is 10.1. The first-order chi connectivity index (χ1) is 13.7. The molecule has 1 aliphatic rings. The minimum Gasteiger partial charge on any atom is -0.316 e. The molecule has 4 nitrogen and oxygen atoms in total. The predicted molar refractivity (Wildman–Crippen MR) is 113 cm³/mol. The van der Waals surface area contributed by atoms with Crippen LogP contribution in [0, 0.1) is 5.92 Å². The summed E-state index contributed by atoms with van der Waals surface area (Å²) in [7, 11) is 0. The molecule has 1 saturated heterocycles. The van der Waals surface area contributed by atoms with Crippen molar-refractivity contribution in [3.05, 3.63) is 96.1 Å². The Morgan fingerprint density at radius 3 is 2.39 bits per heavy atom. The molecular weight excluding hydrogens is 344 g/mol. The fourth-order valence-corrected chi connectivity index (χ4v) is 4.60. The zero-order valence-corrected chi connectivity index (χ0v) is 16.4. The van der Waals surface area contributed by atoms with Crippen molar-refractivity contribution in [2.75, 3.05) is 6.54 Å². The molecule has 144 valence electrons. The van der Waals surface area contributed by atoms with Crippen molar-refractivity contribution >= 4 is 0 Å². The van der Waals surface area contributed by atoms with Crippen molar-refractivity contribution in [1.29, 1.82) is 0 Å². The summed E-state index contributed by atoms with van der Waals surface area (Å²) >= 11 is 0. The number of hydrogen-bond acceptors (Lipinski definition) is 4. The molecule has 4 rings (SSSR count). The first-order valence-electron chi connectivity index (χ1n) is 10.1. The molecule has 1 aromatic heterocycles. The molecular formula is C24H28N4. The highest BCUT2D eigenvalue weighted by Gasteiger charge is 2.41. The van der Waals surface area contributed by atoms with Gasteiger partial charge in [0.15, 0.2) is 0 Å². The number of nitrogens with two attached hydrogens (primary N) is 1. The summed E-state index contributed by atoms with van der Waals surface area (Å²) in [5, 5.41) is 0. The second-order valence-electron chi connectivity index (χ2n) is 7.73. The average molecular weight is 373 g/mol. The summed E-state index contributed by atoms with van der Waals surface area (Å²) in [6.45, 7) is 3.29. The van der Waals surface area contributed by atoms with Crippen LogP contribution in [0.25, 0.3) is 0 Å². The lowest BCUT2D eigenvalue weighted by Crippen LogP contribution is -2.53. The van der Waals surface area contributed by atoms with Crippen molar-refractivity contribution in [3.63, 3.8) is 0 Å². The van der Waals surface area contributed by atoms with Gasteiger partial charge >= 0.3 is 0 Å². The number of rotatable bonds is 5. The second-order valence-corrected chi connectivity index (χ2v) is 7.73. The van der Waals surface area contributed by atoms with Gasteiger partial charge in [0.05, 0.1) is 6.17 Å². The molecule has 28 heavy (non-hydrogen) atoms. The molecule has 0 aliphatic carbocycles. The van der Waals surface area contributed by atoms with E-state index < -0.39 is 0 Å². The fraction of sp³-hybridized carbons (Fsp3) is 0.333. The maximum atomic E-state index is 6.74. The van der Waals surface area contributed by atoms with Crippen molar-refractivity contribution in [2.24, 2.45) is 11.7 Å². The second kappa shape index (κ2) is 8.63. The molecule has 0 amide bonds. The summed E-state index contributed by atoms with van der Waals surface area (Å²) < 4.78 is 0. The lowest BCUT2D eigenvalue weighted by atomic mass is 9.75. The molecule has 1 aliphatic heterocycles. The van der Waals surface area contributed by atoms with Crippen LogP contribution in [-0.2, 0) is 6.42 Å². The molecule has 4 atom stereocenters. The van der Waals surface area contributed by atoms with E-state index in [1.54, 1.807) is 6.33 Å². The molecule has 1 fully saturated rings. The molecule has 4 heteroatoms. The Bertz CT molecular complexity index is 854. The van der Waals surface area contributed by atoms with Gasteiger partial charge in [0.25, 0.3) is 0 Å². The zero-order chi connectivity index (χ0) is 19.3. The number of piperidine rings is 1. The molecule has 0 saturated carbocycles. The molecule has 4 unspecified atom stereocenters. The van der Waals surface area contributed by atoms with E-state index in [0.29, 0.717) is 11.8 Å². The smallest absolute Gasteiger partial charge is 0.115 e. The standard InChI is InChI=1S/C24H28N4/c1-18-21(22-12-14-26-17-27-22)16-23(25)28(15-13-19-8-4-2-5-9-19)24(18)20-10-6-3-7-11-20/h2-12,14,17-18,21,23-24H,13,15-16,25H2,1H3. The highest BCUT2D eigenvalue weighted by molar-refractivity contribution is 5.24. The predicted octanol–water partition coefficient (Wildman–Crippen LogP) is 4.17. The molecule has 0 spiro atoms. The van der Waals surface area contributed by atoms with Gasteiger partial charge in [-0.2, -0.15) is 0 Å². The third-order valence-corrected chi connectivity index (χ3v) is 6.04. The summed E-state index contributed by atoms with van der Waals surface area (Å²) in [6.07, 6.45) is 5.40. The van der Waals surface area contributed by atoms with Crippen LogP contribution >= 0.6 is 0 Å². The Labute approximate surface area is 167 Å². The Hall–Kier alpha value is -2.56. The molecule has 2 N–H and O–H groups in total. The van der Waals surface area contributed by atoms with Crippen LogP contribution in [0.3, 0.4) is 0 Å². The van der Waals surface area contributed by atoms with Crippen molar-refractivity contribution in [1.82, 2.24) is 14.9 Å². The zero-order valence-electron chi connectivity index (χ0n) is 16.4. The Morgan fingerprint density at radius 1 is 1.00 bits per heavy atom. The topological polar surface area (TPSA) is 55.0 Å². The van der Waals surface area contributed by atoms with Crippen LogP contribution in [0.2, 0.25) is 0 Å². The number of benzene rings is 2. The van der Waals surface area contributed by atoms with Crippen molar-refractivity contribution in [2.45, 2.75) is 37.9 Å². The summed E-state index contributed by atoms with van der Waals surface area (Å²) in [4.78, 5) is 11.1. The van der Waals surface area contributed by atoms with E-state index in [1.165, 1.54) is 11.1 Å². The van der Waals surface area contributed by atoms with E-state index in [9.17, 15) is 0 Å². The highest BCUT2D eigenvalue weighted by Crippen LogP contribution is 2.45. The van der Waals surface area contributed by atoms with Gasteiger partial charge in [-0.25, -0.2) is 9.97 Å². The first kappa shape index (κ1) is 18.8. The quantitative estimate of drug-likeness (QED) is 0.730. The molecule has 2 aromatic carbocycles. The van der Waals surface area contributed by atoms with E-state index in [1.807, 2.05) is 12.3 Å². The van der Waals surface area contributed by atoms with Gasteiger partial charge < -0.3 is 5.73 Å². The van der Waals surface area contributed by atoms with Crippen LogP contribution in [0.4, 0.5) is 0 Å². The lowest BCUT2D eigenvalue weighted by molar-refractivity contribution is 0.0320. The fourth-order valence-electron chi connectivity index (χ4n) is 4.60. The van der Waals surface area contributed by atoms with E-state index >= 15 is 0 Å². The number of hydrogen-bond donors (Lipinski definition) is 1. The van der Waals surface area contributed by atoms with Crippen LogP contribution < -0.4 is 5.73 Å². The van der Waals surface area contributed by atoms with Crippen molar-refractivity contribution in [3.8, 4) is 0 Å². The van der Waals surface area contributed by atoms with Gasteiger partial charge in [0.1, 0.15) is 6.33 Å². The van der Waals surface area contributed by atoms with Gasteiger partial charge in [0, 0.05) is 30.4 Å². The largest absolute Gasteiger partial charge is 0.316 e. The Kier molecular flexibility index (Phi) is 5.79. The maximum Gasteiger partial charge on any atom is 0.115 e. The van der Waals surface area contributed by atoms with E-state index in [0.717, 1.165) is 25.1 Å². The third kappa shape index (κ3) is 3.98. The van der Waals surface area contributed by atoms with Gasteiger partial charge in [-0.3, -0.25) is 4.90 Å². The molecule has 2 heterocycles. The van der Waals surface area contributed by atoms with E-state index in [2.05, 4.69) is 82.5 Å². The maximum absolute atomic E-state index is 6.74. The van der Waals surface area contributed by atoms with Gasteiger partial charge in [-0.15, -0.1) is 0 Å². The van der Waals surface area contributed by atoms with E-state index in [4.69, 9.17) is 5.73 Å². The minimum atomic E-state index is 0.00471. The SMILES string of the molecule is CC1C(c2ccncn2)CC(N)N(CCc2ccccc2)C1c1ccccc1. The third-order valence-electron chi connectivity index (χ3n) is 6.04. The Morgan fingerprint density at radius 2 is 1.71 bits per heavy atom. The van der Waals surface area contributed by atoms with Crippen LogP contribution in [-0.4, -0.2) is 27.6 Å². The average Bonchev–Trinajstić information content (AvgIpc) is 2.76. The Balaban J connectivity index is 1.63. The summed E-state index contributed by atoms with van der Waals surface area (Å²) in [5.41, 5.74) is 10.5. The van der Waals surface area contributed by atoms with Crippen LogP contribution in [0.15, 0.2) is 79.3 Å². The monoisotopic (exact) mass is 372 g/mol. The highest BCUT2D eigenvalue weighted by atomic mass is 15.3. The minimum absolute atomic E-state index is 0.00471. The normalized spacial score (nSPS) is 25.5. The number of nitrogens with zero attached hydrogens (tertiary/aromatic N) is 3. The molecule has 0 radical (unpaired) electrons. The van der Waals surface area contributed by atoms with Crippen LogP contribution in [0.5, 0.6) is 0 Å². The van der Waals surface area contributed by atoms with Gasteiger partial charge in [0.2, 0.25) is 0 Å². The van der Waals surface area contributed by atoms with Crippen molar-refractivity contribution < 1.29 is 0 Å².